The minimum atomic E-state index is -0.546. The van der Waals surface area contributed by atoms with Crippen LogP contribution in [-0.4, -0.2) is 57.8 Å². The summed E-state index contributed by atoms with van der Waals surface area (Å²) in [5.74, 6) is -0.423. The van der Waals surface area contributed by atoms with Gasteiger partial charge in [0.25, 0.3) is 5.91 Å². The molecule has 8 heteroatoms. The lowest BCUT2D eigenvalue weighted by atomic mass is 10.0. The summed E-state index contributed by atoms with van der Waals surface area (Å²) >= 11 is 0. The highest BCUT2D eigenvalue weighted by Crippen LogP contribution is 2.14. The molecule has 0 saturated carbocycles. The van der Waals surface area contributed by atoms with Gasteiger partial charge >= 0.3 is 0 Å². The van der Waals surface area contributed by atoms with Gasteiger partial charge in [-0.1, -0.05) is 6.07 Å². The maximum atomic E-state index is 12.5. The van der Waals surface area contributed by atoms with E-state index in [4.69, 9.17) is 10.5 Å². The second kappa shape index (κ2) is 7.89. The minimum absolute atomic E-state index is 0.0121. The first kappa shape index (κ1) is 17.1. The largest absolute Gasteiger partial charge is 0.379 e. The fraction of sp³-hybridized carbons (Fsp3) is 0.412. The lowest BCUT2D eigenvalue weighted by Crippen LogP contribution is -2.38. The van der Waals surface area contributed by atoms with Crippen molar-refractivity contribution in [3.63, 3.8) is 0 Å². The Morgan fingerprint density at radius 3 is 2.96 bits per heavy atom. The van der Waals surface area contributed by atoms with Crippen molar-refractivity contribution in [3.8, 4) is 0 Å². The monoisotopic (exact) mass is 343 g/mol. The molecule has 2 N–H and O–H groups in total. The first-order chi connectivity index (χ1) is 12.1. The van der Waals surface area contributed by atoms with E-state index in [0.717, 1.165) is 5.69 Å². The second-order valence-electron chi connectivity index (χ2n) is 6.07. The Morgan fingerprint density at radius 2 is 2.20 bits per heavy atom. The Kier molecular flexibility index (Phi) is 5.39. The first-order valence-electron chi connectivity index (χ1n) is 8.20. The van der Waals surface area contributed by atoms with Crippen molar-refractivity contribution in [2.75, 3.05) is 26.3 Å². The van der Waals surface area contributed by atoms with Crippen LogP contribution >= 0.6 is 0 Å². The van der Waals surface area contributed by atoms with E-state index in [0.29, 0.717) is 32.7 Å². The molecule has 2 aromatic rings. The quantitative estimate of drug-likeness (QED) is 0.829. The predicted octanol–water partition coefficient (Wildman–Crippen LogP) is 0.0947. The fourth-order valence-electron chi connectivity index (χ4n) is 2.89. The Hall–Kier alpha value is -2.74. The number of ether oxygens (including phenoxy) is 1. The number of hydrogen-bond acceptors (Lipinski definition) is 5. The number of pyridine rings is 1. The average Bonchev–Trinajstić information content (AvgIpc) is 2.99. The van der Waals surface area contributed by atoms with Crippen molar-refractivity contribution in [1.82, 2.24) is 19.7 Å². The fourth-order valence-corrected chi connectivity index (χ4v) is 2.89. The minimum Gasteiger partial charge on any atom is -0.379 e. The third-order valence-corrected chi connectivity index (χ3v) is 4.10. The highest BCUT2D eigenvalue weighted by atomic mass is 16.5. The maximum Gasteiger partial charge on any atom is 0.267 e. The summed E-state index contributed by atoms with van der Waals surface area (Å²) < 4.78 is 7.25. The predicted molar refractivity (Wildman–Crippen MR) is 89.6 cm³/mol. The number of carbonyl (C=O) groups is 2. The Morgan fingerprint density at radius 1 is 1.32 bits per heavy atom. The molecule has 1 aliphatic rings. The number of primary amides is 1. The normalized spacial score (nSPS) is 17.9. The van der Waals surface area contributed by atoms with Crippen LogP contribution in [0.3, 0.4) is 0 Å². The SMILES string of the molecule is NC(=O)c1cccc(C[C@@H]2COCCN(C(=O)Cn3cccn3)C2)n1. The summed E-state index contributed by atoms with van der Waals surface area (Å²) in [5.41, 5.74) is 6.30. The van der Waals surface area contributed by atoms with E-state index in [1.807, 2.05) is 6.07 Å². The van der Waals surface area contributed by atoms with Crippen molar-refractivity contribution in [2.45, 2.75) is 13.0 Å². The zero-order valence-corrected chi connectivity index (χ0v) is 13.9. The van der Waals surface area contributed by atoms with Crippen LogP contribution in [0.25, 0.3) is 0 Å². The first-order valence-corrected chi connectivity index (χ1v) is 8.20. The summed E-state index contributed by atoms with van der Waals surface area (Å²) in [6.07, 6.45) is 4.04. The van der Waals surface area contributed by atoms with Gasteiger partial charge in [0.2, 0.25) is 5.91 Å². The lowest BCUT2D eigenvalue weighted by Gasteiger charge is -2.23. The average molecular weight is 343 g/mol. The lowest BCUT2D eigenvalue weighted by molar-refractivity contribution is -0.132. The van der Waals surface area contributed by atoms with Gasteiger partial charge in [-0.05, 0) is 24.6 Å². The van der Waals surface area contributed by atoms with E-state index in [1.165, 1.54) is 0 Å². The molecule has 132 valence electrons. The molecule has 8 nitrogen and oxygen atoms in total. The van der Waals surface area contributed by atoms with Crippen molar-refractivity contribution in [3.05, 3.63) is 48.0 Å². The van der Waals surface area contributed by atoms with E-state index in [2.05, 4.69) is 10.1 Å². The smallest absolute Gasteiger partial charge is 0.267 e. The van der Waals surface area contributed by atoms with E-state index >= 15 is 0 Å². The molecule has 1 atom stereocenters. The number of nitrogens with zero attached hydrogens (tertiary/aromatic N) is 4. The van der Waals surface area contributed by atoms with Gasteiger partial charge in [0.05, 0.1) is 13.2 Å². The van der Waals surface area contributed by atoms with Crippen LogP contribution in [-0.2, 0) is 22.5 Å². The van der Waals surface area contributed by atoms with E-state index in [-0.39, 0.29) is 24.1 Å². The summed E-state index contributed by atoms with van der Waals surface area (Å²) in [7, 11) is 0. The highest BCUT2D eigenvalue weighted by Gasteiger charge is 2.23. The molecule has 1 saturated heterocycles. The maximum absolute atomic E-state index is 12.5. The molecule has 0 bridgehead atoms. The Bertz CT molecular complexity index is 732. The van der Waals surface area contributed by atoms with Gasteiger partial charge in [-0.15, -0.1) is 0 Å². The molecule has 1 fully saturated rings. The van der Waals surface area contributed by atoms with Gasteiger partial charge in [-0.25, -0.2) is 4.98 Å². The zero-order valence-electron chi connectivity index (χ0n) is 13.9. The zero-order chi connectivity index (χ0) is 17.6. The molecule has 0 unspecified atom stereocenters. The second-order valence-corrected chi connectivity index (χ2v) is 6.07. The van der Waals surface area contributed by atoms with Crippen molar-refractivity contribution in [1.29, 1.82) is 0 Å². The van der Waals surface area contributed by atoms with Crippen LogP contribution in [0, 0.1) is 5.92 Å². The van der Waals surface area contributed by atoms with Crippen LogP contribution in [0.2, 0.25) is 0 Å². The summed E-state index contributed by atoms with van der Waals surface area (Å²) in [5, 5.41) is 4.07. The van der Waals surface area contributed by atoms with E-state index < -0.39 is 5.91 Å². The van der Waals surface area contributed by atoms with Crippen LogP contribution in [0.15, 0.2) is 36.7 Å². The van der Waals surface area contributed by atoms with E-state index in [1.54, 1.807) is 40.2 Å². The number of aromatic nitrogens is 3. The molecule has 3 heterocycles. The molecule has 0 aliphatic carbocycles. The molecule has 1 aliphatic heterocycles. The number of carbonyl (C=O) groups excluding carboxylic acids is 2. The number of hydrogen-bond donors (Lipinski definition) is 1. The molecule has 2 amide bonds. The molecule has 0 radical (unpaired) electrons. The van der Waals surface area contributed by atoms with Crippen LogP contribution < -0.4 is 5.73 Å². The molecule has 0 aromatic carbocycles. The third-order valence-electron chi connectivity index (χ3n) is 4.10. The Balaban J connectivity index is 1.64. The molecular weight excluding hydrogens is 322 g/mol. The van der Waals surface area contributed by atoms with Gasteiger partial charge in [0.15, 0.2) is 0 Å². The molecule has 2 aromatic heterocycles. The van der Waals surface area contributed by atoms with Gasteiger partial charge in [-0.3, -0.25) is 14.3 Å². The van der Waals surface area contributed by atoms with Gasteiger partial charge < -0.3 is 15.4 Å². The molecule has 3 rings (SSSR count). The molecular formula is C17H21N5O3. The summed E-state index contributed by atoms with van der Waals surface area (Å²) in [6, 6.07) is 7.00. The van der Waals surface area contributed by atoms with Crippen molar-refractivity contribution < 1.29 is 14.3 Å². The summed E-state index contributed by atoms with van der Waals surface area (Å²) in [6.45, 7) is 2.42. The topological polar surface area (TPSA) is 103 Å². The third kappa shape index (κ3) is 4.63. The summed E-state index contributed by atoms with van der Waals surface area (Å²) in [4.78, 5) is 29.8. The van der Waals surface area contributed by atoms with Gasteiger partial charge in [-0.2, -0.15) is 5.10 Å². The highest BCUT2D eigenvalue weighted by molar-refractivity contribution is 5.90. The van der Waals surface area contributed by atoms with Gasteiger partial charge in [0, 0.05) is 37.1 Å². The molecule has 0 spiro atoms. The van der Waals surface area contributed by atoms with Crippen molar-refractivity contribution >= 4 is 11.8 Å². The van der Waals surface area contributed by atoms with Crippen LogP contribution in [0.5, 0.6) is 0 Å². The van der Waals surface area contributed by atoms with Gasteiger partial charge in [0.1, 0.15) is 12.2 Å². The van der Waals surface area contributed by atoms with E-state index in [9.17, 15) is 9.59 Å². The Labute approximate surface area is 145 Å². The number of nitrogens with two attached hydrogens (primary N) is 1. The number of amides is 2. The standard InChI is InChI=1S/C17H21N5O3/c18-17(24)15-4-1-3-14(20-15)9-13-10-21(7-8-25-12-13)16(23)11-22-6-2-5-19-22/h1-6,13H,7-12H2,(H2,18,24)/t13-/m0/s1. The van der Waals surface area contributed by atoms with Crippen molar-refractivity contribution in [2.24, 2.45) is 11.7 Å². The van der Waals surface area contributed by atoms with Crippen LogP contribution in [0.1, 0.15) is 16.2 Å². The van der Waals surface area contributed by atoms with Crippen LogP contribution in [0.4, 0.5) is 0 Å². The number of rotatable bonds is 5. The molecule has 25 heavy (non-hydrogen) atoms.